The van der Waals surface area contributed by atoms with Crippen LogP contribution >= 0.6 is 0 Å². The van der Waals surface area contributed by atoms with Gasteiger partial charge >= 0.3 is 5.97 Å². The summed E-state index contributed by atoms with van der Waals surface area (Å²) < 4.78 is 0. The molecule has 1 aliphatic heterocycles. The van der Waals surface area contributed by atoms with E-state index in [0.29, 0.717) is 5.92 Å². The van der Waals surface area contributed by atoms with Gasteiger partial charge in [0.2, 0.25) is 5.91 Å². The van der Waals surface area contributed by atoms with Crippen molar-refractivity contribution in [2.45, 2.75) is 31.4 Å². The van der Waals surface area contributed by atoms with Gasteiger partial charge in [-0.1, -0.05) is 12.2 Å². The second kappa shape index (κ2) is 4.09. The van der Waals surface area contributed by atoms with Gasteiger partial charge in [0, 0.05) is 18.9 Å². The van der Waals surface area contributed by atoms with Gasteiger partial charge in [-0.05, 0) is 24.7 Å². The van der Waals surface area contributed by atoms with E-state index in [0.717, 1.165) is 12.8 Å². The van der Waals surface area contributed by atoms with Gasteiger partial charge in [0.25, 0.3) is 0 Å². The number of carbonyl (C=O) groups excluding carboxylic acids is 1. The van der Waals surface area contributed by atoms with Crippen LogP contribution in [-0.4, -0.2) is 45.7 Å². The minimum absolute atomic E-state index is 0.0767. The van der Waals surface area contributed by atoms with Crippen molar-refractivity contribution in [3.63, 3.8) is 0 Å². The number of aliphatic hydroxyl groups is 1. The first kappa shape index (κ1) is 11.7. The minimum atomic E-state index is -1.02. The monoisotopic (exact) mass is 251 g/mol. The zero-order chi connectivity index (χ0) is 12.9. The third-order valence-corrected chi connectivity index (χ3v) is 4.44. The van der Waals surface area contributed by atoms with Crippen LogP contribution in [0.25, 0.3) is 0 Å². The van der Waals surface area contributed by atoms with Gasteiger partial charge < -0.3 is 15.1 Å². The number of hydrogen-bond acceptors (Lipinski definition) is 3. The van der Waals surface area contributed by atoms with Crippen LogP contribution in [-0.2, 0) is 9.59 Å². The van der Waals surface area contributed by atoms with Crippen molar-refractivity contribution in [3.05, 3.63) is 12.2 Å². The third-order valence-electron chi connectivity index (χ3n) is 4.44. The van der Waals surface area contributed by atoms with E-state index >= 15 is 0 Å². The van der Waals surface area contributed by atoms with Crippen LogP contribution in [0.1, 0.15) is 19.3 Å². The van der Waals surface area contributed by atoms with E-state index in [-0.39, 0.29) is 30.7 Å². The molecule has 5 atom stereocenters. The number of aliphatic carboxylic acids is 1. The molecule has 0 aromatic carbocycles. The zero-order valence-corrected chi connectivity index (χ0v) is 10.0. The summed E-state index contributed by atoms with van der Waals surface area (Å²) in [6.45, 7) is 0.160. The average molecular weight is 251 g/mol. The van der Waals surface area contributed by atoms with Crippen LogP contribution in [0.4, 0.5) is 0 Å². The van der Waals surface area contributed by atoms with E-state index < -0.39 is 18.1 Å². The molecule has 2 fully saturated rings. The lowest BCUT2D eigenvalue weighted by molar-refractivity contribution is -0.150. The lowest BCUT2D eigenvalue weighted by atomic mass is 9.92. The number of aliphatic hydroxyl groups excluding tert-OH is 1. The molecule has 1 heterocycles. The molecule has 4 unspecified atom stereocenters. The van der Waals surface area contributed by atoms with Crippen molar-refractivity contribution in [2.24, 2.45) is 17.8 Å². The number of fused-ring (bicyclic) bond motifs is 2. The van der Waals surface area contributed by atoms with Crippen molar-refractivity contribution in [2.75, 3.05) is 6.54 Å². The Morgan fingerprint density at radius 1 is 1.17 bits per heavy atom. The van der Waals surface area contributed by atoms with E-state index in [1.54, 1.807) is 0 Å². The highest BCUT2D eigenvalue weighted by molar-refractivity contribution is 5.86. The highest BCUT2D eigenvalue weighted by Crippen LogP contribution is 2.44. The molecule has 0 spiro atoms. The predicted octanol–water partition coefficient (Wildman–Crippen LogP) is 0.245. The van der Waals surface area contributed by atoms with Gasteiger partial charge in [0.15, 0.2) is 0 Å². The Balaban J connectivity index is 1.76. The molecule has 2 bridgehead atoms. The first-order chi connectivity index (χ1) is 8.56. The second-order valence-electron chi connectivity index (χ2n) is 5.62. The fraction of sp³-hybridized carbons (Fsp3) is 0.692. The summed E-state index contributed by atoms with van der Waals surface area (Å²) in [5, 5.41) is 18.7. The van der Waals surface area contributed by atoms with E-state index in [2.05, 4.69) is 12.2 Å². The largest absolute Gasteiger partial charge is 0.480 e. The maximum Gasteiger partial charge on any atom is 0.326 e. The first-order valence-electron chi connectivity index (χ1n) is 6.46. The number of amides is 1. The van der Waals surface area contributed by atoms with Gasteiger partial charge in [-0.15, -0.1) is 0 Å². The molecule has 0 aromatic heterocycles. The molecule has 18 heavy (non-hydrogen) atoms. The zero-order valence-electron chi connectivity index (χ0n) is 10.0. The Bertz CT molecular complexity index is 419. The molecular weight excluding hydrogens is 234 g/mol. The number of nitrogens with zero attached hydrogens (tertiary/aromatic N) is 1. The number of carboxylic acid groups (broad SMARTS) is 1. The average Bonchev–Trinajstić information content (AvgIpc) is 3.01. The van der Waals surface area contributed by atoms with E-state index in [4.69, 9.17) is 5.11 Å². The Morgan fingerprint density at radius 2 is 1.94 bits per heavy atom. The third kappa shape index (κ3) is 1.73. The summed E-state index contributed by atoms with van der Waals surface area (Å²) in [6, 6.07) is -0.851. The SMILES string of the molecule is O=C(O)[C@@H]1CC(O)CN1C(=O)C1CC2C=CC1C2. The first-order valence-corrected chi connectivity index (χ1v) is 6.46. The van der Waals surface area contributed by atoms with Gasteiger partial charge in [0.05, 0.1) is 6.10 Å². The Kier molecular flexibility index (Phi) is 2.66. The number of rotatable bonds is 2. The fourth-order valence-corrected chi connectivity index (χ4v) is 3.57. The lowest BCUT2D eigenvalue weighted by Gasteiger charge is -2.27. The van der Waals surface area contributed by atoms with Crippen molar-refractivity contribution >= 4 is 11.9 Å². The van der Waals surface area contributed by atoms with E-state index in [1.807, 2.05) is 0 Å². The van der Waals surface area contributed by atoms with Gasteiger partial charge in [-0.2, -0.15) is 0 Å². The maximum atomic E-state index is 12.4. The second-order valence-corrected chi connectivity index (χ2v) is 5.62. The van der Waals surface area contributed by atoms with Crippen molar-refractivity contribution in [3.8, 4) is 0 Å². The maximum absolute atomic E-state index is 12.4. The number of β-amino-alcohol motifs (C(OH)–C–C–N with tert-alkyl or cyclic N) is 1. The summed E-state index contributed by atoms with van der Waals surface area (Å²) in [7, 11) is 0. The fourth-order valence-electron chi connectivity index (χ4n) is 3.57. The molecule has 2 aliphatic carbocycles. The van der Waals surface area contributed by atoms with Crippen LogP contribution < -0.4 is 0 Å². The van der Waals surface area contributed by atoms with Crippen LogP contribution in [0.3, 0.4) is 0 Å². The topological polar surface area (TPSA) is 77.8 Å². The van der Waals surface area contributed by atoms with Crippen molar-refractivity contribution in [1.29, 1.82) is 0 Å². The van der Waals surface area contributed by atoms with Crippen LogP contribution in [0.15, 0.2) is 12.2 Å². The molecule has 98 valence electrons. The number of carboxylic acids is 1. The highest BCUT2D eigenvalue weighted by Gasteiger charge is 2.46. The molecule has 0 aromatic rings. The lowest BCUT2D eigenvalue weighted by Crippen LogP contribution is -2.44. The van der Waals surface area contributed by atoms with Crippen molar-refractivity contribution in [1.82, 2.24) is 4.90 Å². The minimum Gasteiger partial charge on any atom is -0.480 e. The Hall–Kier alpha value is -1.36. The van der Waals surface area contributed by atoms with Gasteiger partial charge in [0.1, 0.15) is 6.04 Å². The standard InChI is InChI=1S/C13H17NO4/c15-9-5-11(13(17)18)14(6-9)12(16)10-4-7-1-2-8(10)3-7/h1-2,7-11,15H,3-6H2,(H,17,18)/t7?,8?,9?,10?,11-/m0/s1. The van der Waals surface area contributed by atoms with Crippen LogP contribution in [0.5, 0.6) is 0 Å². The number of carbonyl (C=O) groups is 2. The number of hydrogen-bond donors (Lipinski definition) is 2. The highest BCUT2D eigenvalue weighted by atomic mass is 16.4. The molecule has 1 amide bonds. The summed E-state index contributed by atoms with van der Waals surface area (Å²) >= 11 is 0. The molecule has 0 radical (unpaired) electrons. The smallest absolute Gasteiger partial charge is 0.326 e. The molecule has 3 rings (SSSR count). The summed E-state index contributed by atoms with van der Waals surface area (Å²) in [5.74, 6) is -0.420. The summed E-state index contributed by atoms with van der Waals surface area (Å²) in [5.41, 5.74) is 0. The normalized spacial score (nSPS) is 41.6. The molecule has 2 N–H and O–H groups in total. The van der Waals surface area contributed by atoms with Crippen LogP contribution in [0, 0.1) is 17.8 Å². The summed E-state index contributed by atoms with van der Waals surface area (Å²) in [6.07, 6.45) is 5.53. The van der Waals surface area contributed by atoms with Crippen LogP contribution in [0.2, 0.25) is 0 Å². The molecule has 3 aliphatic rings. The van der Waals surface area contributed by atoms with E-state index in [1.165, 1.54) is 4.90 Å². The number of allylic oxidation sites excluding steroid dienone is 2. The Morgan fingerprint density at radius 3 is 2.50 bits per heavy atom. The van der Waals surface area contributed by atoms with Gasteiger partial charge in [-0.25, -0.2) is 4.79 Å². The predicted molar refractivity (Wildman–Crippen MR) is 62.6 cm³/mol. The van der Waals surface area contributed by atoms with E-state index in [9.17, 15) is 14.7 Å². The molecule has 1 saturated heterocycles. The molecule has 1 saturated carbocycles. The quantitative estimate of drug-likeness (QED) is 0.689. The molecule has 5 nitrogen and oxygen atoms in total. The Labute approximate surface area is 105 Å². The number of likely N-dealkylation sites (tertiary alicyclic amines) is 1. The van der Waals surface area contributed by atoms with Crippen molar-refractivity contribution < 1.29 is 19.8 Å². The molecule has 5 heteroatoms. The summed E-state index contributed by atoms with van der Waals surface area (Å²) in [4.78, 5) is 24.9. The molecular formula is C13H17NO4. The van der Waals surface area contributed by atoms with Gasteiger partial charge in [-0.3, -0.25) is 4.79 Å².